The Morgan fingerprint density at radius 2 is 1.87 bits per heavy atom. The Kier molecular flexibility index (Phi) is 6.70. The molecule has 0 saturated heterocycles. The van der Waals surface area contributed by atoms with E-state index in [1.54, 1.807) is 6.07 Å². The average molecular weight is 321 g/mol. The van der Waals surface area contributed by atoms with Crippen LogP contribution in [-0.2, 0) is 6.42 Å². The topological polar surface area (TPSA) is 23.8 Å². The van der Waals surface area contributed by atoms with Gasteiger partial charge in [-0.25, -0.2) is 8.78 Å². The van der Waals surface area contributed by atoms with Gasteiger partial charge >= 0.3 is 0 Å². The highest BCUT2D eigenvalue weighted by Gasteiger charge is 2.20. The number of allylic oxidation sites excluding steroid dienone is 2. The number of benzene rings is 1. The van der Waals surface area contributed by atoms with E-state index in [-0.39, 0.29) is 5.92 Å². The van der Waals surface area contributed by atoms with E-state index < -0.39 is 17.5 Å². The van der Waals surface area contributed by atoms with E-state index in [4.69, 9.17) is 5.26 Å². The van der Waals surface area contributed by atoms with Crippen LogP contribution in [0.2, 0.25) is 0 Å². The molecule has 0 unspecified atom stereocenters. The first-order valence-corrected chi connectivity index (χ1v) is 8.30. The monoisotopic (exact) mass is 321 g/mol. The van der Waals surface area contributed by atoms with Crippen molar-refractivity contribution < 1.29 is 13.2 Å². The standard InChI is InChI=1S/C19H22F3N/c20-17(13-23)11-16-7-5-14(6-8-16)3-1-2-4-15-9-10-18(21)19(22)12-15/h9-12,14,16H,1-8H2/b17-11-/t14-,16-. The molecule has 0 N–H and O–H groups in total. The molecule has 23 heavy (non-hydrogen) atoms. The van der Waals surface area contributed by atoms with Crippen LogP contribution in [0.1, 0.15) is 50.5 Å². The average Bonchev–Trinajstić information content (AvgIpc) is 2.56. The van der Waals surface area contributed by atoms with Gasteiger partial charge in [-0.1, -0.05) is 18.9 Å². The van der Waals surface area contributed by atoms with Crippen LogP contribution in [0.3, 0.4) is 0 Å². The molecule has 0 bridgehead atoms. The van der Waals surface area contributed by atoms with Crippen molar-refractivity contribution in [3.63, 3.8) is 0 Å². The molecule has 1 aromatic carbocycles. The normalized spacial score (nSPS) is 21.9. The first kappa shape index (κ1) is 17.6. The molecule has 2 rings (SSSR count). The first-order chi connectivity index (χ1) is 11.1. The van der Waals surface area contributed by atoms with Crippen LogP contribution in [0, 0.1) is 34.8 Å². The molecule has 0 atom stereocenters. The van der Waals surface area contributed by atoms with E-state index in [0.717, 1.165) is 56.9 Å². The van der Waals surface area contributed by atoms with Gasteiger partial charge in [0, 0.05) is 0 Å². The van der Waals surface area contributed by atoms with Gasteiger partial charge in [0.1, 0.15) is 6.07 Å². The second-order valence-corrected chi connectivity index (χ2v) is 6.40. The van der Waals surface area contributed by atoms with Gasteiger partial charge in [0.25, 0.3) is 0 Å². The smallest absolute Gasteiger partial charge is 0.196 e. The van der Waals surface area contributed by atoms with Crippen LogP contribution in [-0.4, -0.2) is 0 Å². The summed E-state index contributed by atoms with van der Waals surface area (Å²) < 4.78 is 38.9. The maximum absolute atomic E-state index is 13.1. The second kappa shape index (κ2) is 8.76. The second-order valence-electron chi connectivity index (χ2n) is 6.40. The molecule has 0 radical (unpaired) electrons. The van der Waals surface area contributed by atoms with Crippen molar-refractivity contribution in [2.45, 2.75) is 51.4 Å². The van der Waals surface area contributed by atoms with Crippen molar-refractivity contribution in [1.29, 1.82) is 5.26 Å². The Bertz CT molecular complexity index is 581. The van der Waals surface area contributed by atoms with Gasteiger partial charge in [-0.15, -0.1) is 0 Å². The first-order valence-electron chi connectivity index (χ1n) is 8.30. The minimum absolute atomic E-state index is 0.202. The third-order valence-electron chi connectivity index (χ3n) is 4.69. The molecule has 0 aliphatic heterocycles. The van der Waals surface area contributed by atoms with Crippen molar-refractivity contribution in [3.05, 3.63) is 47.3 Å². The van der Waals surface area contributed by atoms with Gasteiger partial charge < -0.3 is 0 Å². The Labute approximate surface area is 135 Å². The third kappa shape index (κ3) is 5.74. The van der Waals surface area contributed by atoms with E-state index in [9.17, 15) is 13.2 Å². The number of hydrogen-bond donors (Lipinski definition) is 0. The summed E-state index contributed by atoms with van der Waals surface area (Å²) in [7, 11) is 0. The quantitative estimate of drug-likeness (QED) is 0.475. The van der Waals surface area contributed by atoms with Gasteiger partial charge in [-0.2, -0.15) is 9.65 Å². The molecule has 0 amide bonds. The Balaban J connectivity index is 1.64. The molecule has 0 spiro atoms. The zero-order chi connectivity index (χ0) is 16.7. The number of hydrogen-bond acceptors (Lipinski definition) is 1. The van der Waals surface area contributed by atoms with Crippen LogP contribution < -0.4 is 0 Å². The van der Waals surface area contributed by atoms with Gasteiger partial charge in [-0.05, 0) is 74.1 Å². The number of nitrogens with zero attached hydrogens (tertiary/aromatic N) is 1. The molecule has 1 aliphatic carbocycles. The summed E-state index contributed by atoms with van der Waals surface area (Å²) in [6.45, 7) is 0. The molecule has 1 fully saturated rings. The number of rotatable bonds is 6. The summed E-state index contributed by atoms with van der Waals surface area (Å²) in [6.07, 6.45) is 9.43. The van der Waals surface area contributed by atoms with E-state index in [0.29, 0.717) is 5.92 Å². The molecular formula is C19H22F3N. The van der Waals surface area contributed by atoms with Crippen molar-refractivity contribution in [1.82, 2.24) is 0 Å². The lowest BCUT2D eigenvalue weighted by Gasteiger charge is -2.26. The van der Waals surface area contributed by atoms with E-state index in [1.165, 1.54) is 24.3 Å². The lowest BCUT2D eigenvalue weighted by atomic mass is 9.79. The molecule has 1 saturated carbocycles. The fourth-order valence-corrected chi connectivity index (χ4v) is 3.35. The van der Waals surface area contributed by atoms with Gasteiger partial charge in [-0.3, -0.25) is 0 Å². The molecule has 1 aliphatic rings. The van der Waals surface area contributed by atoms with Crippen LogP contribution >= 0.6 is 0 Å². The number of nitriles is 1. The van der Waals surface area contributed by atoms with Crippen molar-refractivity contribution in [3.8, 4) is 6.07 Å². The highest BCUT2D eigenvalue weighted by atomic mass is 19.2. The molecule has 4 heteroatoms. The zero-order valence-electron chi connectivity index (χ0n) is 13.2. The van der Waals surface area contributed by atoms with Crippen LogP contribution in [0.4, 0.5) is 13.2 Å². The number of aryl methyl sites for hydroxylation is 1. The van der Waals surface area contributed by atoms with E-state index in [1.807, 2.05) is 0 Å². The minimum Gasteiger partial charge on any atom is -0.204 e. The molecule has 1 aromatic rings. The highest BCUT2D eigenvalue weighted by Crippen LogP contribution is 2.33. The molecular weight excluding hydrogens is 299 g/mol. The van der Waals surface area contributed by atoms with E-state index in [2.05, 4.69) is 0 Å². The Hall–Kier alpha value is -1.76. The minimum atomic E-state index is -0.799. The Morgan fingerprint density at radius 3 is 2.52 bits per heavy atom. The zero-order valence-corrected chi connectivity index (χ0v) is 13.2. The lowest BCUT2D eigenvalue weighted by molar-refractivity contribution is 0.288. The summed E-state index contributed by atoms with van der Waals surface area (Å²) in [4.78, 5) is 0. The SMILES string of the molecule is N#C/C(F)=C/[C@H]1CC[C@H](CCCCc2ccc(F)c(F)c2)CC1. The summed E-state index contributed by atoms with van der Waals surface area (Å²) in [6, 6.07) is 5.63. The predicted molar refractivity (Wildman–Crippen MR) is 84.2 cm³/mol. The lowest BCUT2D eigenvalue weighted by Crippen LogP contribution is -2.13. The summed E-state index contributed by atoms with van der Waals surface area (Å²) in [5, 5.41) is 8.45. The number of unbranched alkanes of at least 4 members (excludes halogenated alkanes) is 1. The van der Waals surface area contributed by atoms with Gasteiger partial charge in [0.2, 0.25) is 0 Å². The van der Waals surface area contributed by atoms with Crippen LogP contribution in [0.5, 0.6) is 0 Å². The fraction of sp³-hybridized carbons (Fsp3) is 0.526. The Morgan fingerprint density at radius 1 is 1.13 bits per heavy atom. The van der Waals surface area contributed by atoms with Gasteiger partial charge in [0.15, 0.2) is 17.5 Å². The van der Waals surface area contributed by atoms with Crippen LogP contribution in [0.15, 0.2) is 30.1 Å². The third-order valence-corrected chi connectivity index (χ3v) is 4.69. The molecule has 0 aromatic heterocycles. The fourth-order valence-electron chi connectivity index (χ4n) is 3.35. The van der Waals surface area contributed by atoms with Gasteiger partial charge in [0.05, 0.1) is 0 Å². The van der Waals surface area contributed by atoms with Crippen LogP contribution in [0.25, 0.3) is 0 Å². The summed E-state index contributed by atoms with van der Waals surface area (Å²) >= 11 is 0. The maximum Gasteiger partial charge on any atom is 0.196 e. The molecule has 0 heterocycles. The van der Waals surface area contributed by atoms with Crippen molar-refractivity contribution in [2.24, 2.45) is 11.8 Å². The molecule has 124 valence electrons. The largest absolute Gasteiger partial charge is 0.204 e. The molecule has 1 nitrogen and oxygen atoms in total. The van der Waals surface area contributed by atoms with Crippen molar-refractivity contribution in [2.75, 3.05) is 0 Å². The van der Waals surface area contributed by atoms with Crippen molar-refractivity contribution >= 4 is 0 Å². The predicted octanol–water partition coefficient (Wildman–Crippen LogP) is 5.86. The van der Waals surface area contributed by atoms with E-state index >= 15 is 0 Å². The highest BCUT2D eigenvalue weighted by molar-refractivity contribution is 5.17. The number of halogens is 3. The summed E-state index contributed by atoms with van der Waals surface area (Å²) in [5.74, 6) is -1.38. The summed E-state index contributed by atoms with van der Waals surface area (Å²) in [5.41, 5.74) is 0.838. The maximum atomic E-state index is 13.1.